The van der Waals surface area contributed by atoms with E-state index in [-0.39, 0.29) is 5.97 Å². The van der Waals surface area contributed by atoms with E-state index in [1.165, 1.54) is 0 Å². The van der Waals surface area contributed by atoms with Gasteiger partial charge in [0.05, 0.1) is 0 Å². The van der Waals surface area contributed by atoms with E-state index in [1.54, 1.807) is 30.6 Å². The molecule has 0 aliphatic rings. The first-order valence-electron chi connectivity index (χ1n) is 4.95. The minimum Gasteiger partial charge on any atom is -0.427 e. The lowest BCUT2D eigenvalue weighted by Crippen LogP contribution is -2.07. The number of hydrogen-bond acceptors (Lipinski definition) is 3. The zero-order chi connectivity index (χ0) is 11.1. The number of benzene rings is 1. The highest BCUT2D eigenvalue weighted by atomic mass is 16.5. The van der Waals surface area contributed by atoms with Crippen LogP contribution in [0.4, 0.5) is 0 Å². The van der Waals surface area contributed by atoms with Crippen LogP contribution in [0.15, 0.2) is 24.3 Å². The quantitative estimate of drug-likeness (QED) is 0.547. The molecule has 0 aliphatic heterocycles. The molecular weight excluding hydrogens is 192 g/mol. The van der Waals surface area contributed by atoms with Crippen LogP contribution in [0.3, 0.4) is 0 Å². The highest BCUT2D eigenvalue weighted by Gasteiger charge is 2.03. The zero-order valence-corrected chi connectivity index (χ0v) is 8.66. The molecule has 0 heterocycles. The fraction of sp³-hybridized carbons (Fsp3) is 0.333. The average molecular weight is 205 g/mol. The second kappa shape index (κ2) is 5.96. The lowest BCUT2D eigenvalue weighted by Gasteiger charge is -2.03. The smallest absolute Gasteiger partial charge is 0.311 e. The van der Waals surface area contributed by atoms with Gasteiger partial charge in [0, 0.05) is 12.0 Å². The SMILES string of the molecule is CCCCC(=O)Oc1ccc([C]=O)cc1. The average Bonchev–Trinajstić information content (AvgIpc) is 2.27. The van der Waals surface area contributed by atoms with Crippen molar-refractivity contribution in [2.75, 3.05) is 0 Å². The molecule has 15 heavy (non-hydrogen) atoms. The second-order valence-corrected chi connectivity index (χ2v) is 3.20. The van der Waals surface area contributed by atoms with E-state index in [0.29, 0.717) is 17.7 Å². The molecule has 0 aliphatic carbocycles. The number of carbonyl (C=O) groups excluding carboxylic acids is 2. The third kappa shape index (κ3) is 3.94. The van der Waals surface area contributed by atoms with Crippen LogP contribution in [-0.2, 0) is 9.59 Å². The number of unbranched alkanes of at least 4 members (excludes halogenated alkanes) is 1. The first-order chi connectivity index (χ1) is 7.26. The monoisotopic (exact) mass is 205 g/mol. The maximum atomic E-state index is 11.2. The fourth-order valence-corrected chi connectivity index (χ4v) is 1.09. The van der Waals surface area contributed by atoms with Gasteiger partial charge < -0.3 is 4.74 Å². The van der Waals surface area contributed by atoms with Gasteiger partial charge in [-0.15, -0.1) is 0 Å². The molecular formula is C12H13O3. The van der Waals surface area contributed by atoms with E-state index >= 15 is 0 Å². The predicted molar refractivity (Wildman–Crippen MR) is 56.4 cm³/mol. The van der Waals surface area contributed by atoms with E-state index in [2.05, 4.69) is 0 Å². The Bertz CT molecular complexity index is 327. The Labute approximate surface area is 89.1 Å². The van der Waals surface area contributed by atoms with Gasteiger partial charge in [0.15, 0.2) is 0 Å². The van der Waals surface area contributed by atoms with Crippen LogP contribution in [0, 0.1) is 0 Å². The summed E-state index contributed by atoms with van der Waals surface area (Å²) in [5, 5.41) is 0. The Morgan fingerprint density at radius 1 is 1.33 bits per heavy atom. The highest BCUT2D eigenvalue weighted by molar-refractivity contribution is 5.76. The molecule has 0 aromatic heterocycles. The molecule has 0 amide bonds. The highest BCUT2D eigenvalue weighted by Crippen LogP contribution is 2.12. The van der Waals surface area contributed by atoms with Gasteiger partial charge in [-0.05, 0) is 30.7 Å². The predicted octanol–water partition coefficient (Wildman–Crippen LogP) is 2.24. The summed E-state index contributed by atoms with van der Waals surface area (Å²) in [5.74, 6) is 0.231. The van der Waals surface area contributed by atoms with Gasteiger partial charge in [0.25, 0.3) is 0 Å². The number of ether oxygens (including phenoxy) is 1. The molecule has 0 saturated carbocycles. The van der Waals surface area contributed by atoms with Crippen LogP contribution in [-0.4, -0.2) is 12.3 Å². The normalized spacial score (nSPS) is 9.67. The Balaban J connectivity index is 2.49. The summed E-state index contributed by atoms with van der Waals surface area (Å²) in [4.78, 5) is 21.5. The lowest BCUT2D eigenvalue weighted by atomic mass is 10.2. The maximum absolute atomic E-state index is 11.2. The Hall–Kier alpha value is -1.64. The van der Waals surface area contributed by atoms with Crippen LogP contribution in [0.5, 0.6) is 5.75 Å². The summed E-state index contributed by atoms with van der Waals surface area (Å²) in [5.41, 5.74) is 0.448. The molecule has 1 aromatic rings. The molecule has 0 bridgehead atoms. The first-order valence-corrected chi connectivity index (χ1v) is 4.95. The second-order valence-electron chi connectivity index (χ2n) is 3.20. The van der Waals surface area contributed by atoms with Gasteiger partial charge in [-0.2, -0.15) is 0 Å². The third-order valence-electron chi connectivity index (χ3n) is 1.94. The standard InChI is InChI=1S/C12H13O3/c1-2-3-4-12(14)15-11-7-5-10(9-13)6-8-11/h5-8H,2-4H2,1H3. The molecule has 0 atom stereocenters. The fourth-order valence-electron chi connectivity index (χ4n) is 1.09. The molecule has 0 fully saturated rings. The maximum Gasteiger partial charge on any atom is 0.311 e. The van der Waals surface area contributed by atoms with Crippen LogP contribution in [0.25, 0.3) is 0 Å². The Kier molecular flexibility index (Phi) is 4.54. The summed E-state index contributed by atoms with van der Waals surface area (Å²) in [6.07, 6.45) is 3.98. The molecule has 0 N–H and O–H groups in total. The molecule has 0 unspecified atom stereocenters. The van der Waals surface area contributed by atoms with Crippen molar-refractivity contribution in [2.24, 2.45) is 0 Å². The van der Waals surface area contributed by atoms with Gasteiger partial charge in [0.1, 0.15) is 5.75 Å². The summed E-state index contributed by atoms with van der Waals surface area (Å²) in [6, 6.07) is 6.30. The minimum absolute atomic E-state index is 0.236. The number of esters is 1. The van der Waals surface area contributed by atoms with Crippen LogP contribution < -0.4 is 4.74 Å². The summed E-state index contributed by atoms with van der Waals surface area (Å²) in [6.45, 7) is 2.02. The molecule has 3 heteroatoms. The molecule has 3 nitrogen and oxygen atoms in total. The topological polar surface area (TPSA) is 43.4 Å². The van der Waals surface area contributed by atoms with Crippen LogP contribution >= 0.6 is 0 Å². The Morgan fingerprint density at radius 2 is 2.00 bits per heavy atom. The molecule has 79 valence electrons. The lowest BCUT2D eigenvalue weighted by molar-refractivity contribution is -0.134. The minimum atomic E-state index is -0.236. The van der Waals surface area contributed by atoms with Gasteiger partial charge in [0.2, 0.25) is 6.29 Å². The van der Waals surface area contributed by atoms with E-state index < -0.39 is 0 Å². The summed E-state index contributed by atoms with van der Waals surface area (Å²) < 4.78 is 5.05. The van der Waals surface area contributed by atoms with E-state index in [9.17, 15) is 9.59 Å². The van der Waals surface area contributed by atoms with Crippen LogP contribution in [0.2, 0.25) is 0 Å². The molecule has 1 aromatic carbocycles. The van der Waals surface area contributed by atoms with Crippen molar-refractivity contribution in [3.05, 3.63) is 29.8 Å². The summed E-state index contributed by atoms with van der Waals surface area (Å²) in [7, 11) is 0. The van der Waals surface area contributed by atoms with Crippen molar-refractivity contribution in [3.63, 3.8) is 0 Å². The van der Waals surface area contributed by atoms with E-state index in [4.69, 9.17) is 4.74 Å². The van der Waals surface area contributed by atoms with E-state index in [1.807, 2.05) is 6.92 Å². The van der Waals surface area contributed by atoms with E-state index in [0.717, 1.165) is 12.8 Å². The molecule has 1 rings (SSSR count). The largest absolute Gasteiger partial charge is 0.427 e. The summed E-state index contributed by atoms with van der Waals surface area (Å²) >= 11 is 0. The van der Waals surface area contributed by atoms with Gasteiger partial charge in [-0.25, -0.2) is 0 Å². The van der Waals surface area contributed by atoms with Gasteiger partial charge in [-0.3, -0.25) is 9.59 Å². The van der Waals surface area contributed by atoms with Crippen molar-refractivity contribution >= 4 is 12.3 Å². The van der Waals surface area contributed by atoms with Gasteiger partial charge in [-0.1, -0.05) is 13.3 Å². The van der Waals surface area contributed by atoms with Crippen molar-refractivity contribution in [3.8, 4) is 5.75 Å². The number of carbonyl (C=O) groups is 1. The Morgan fingerprint density at radius 3 is 2.53 bits per heavy atom. The molecule has 1 radical (unpaired) electrons. The molecule has 0 saturated heterocycles. The number of rotatable bonds is 5. The van der Waals surface area contributed by atoms with Crippen LogP contribution in [0.1, 0.15) is 31.7 Å². The third-order valence-corrected chi connectivity index (χ3v) is 1.94. The number of hydrogen-bond donors (Lipinski definition) is 0. The van der Waals surface area contributed by atoms with Crippen molar-refractivity contribution < 1.29 is 14.3 Å². The first kappa shape index (κ1) is 11.4. The zero-order valence-electron chi connectivity index (χ0n) is 8.66. The van der Waals surface area contributed by atoms with Crippen molar-refractivity contribution in [1.29, 1.82) is 0 Å². The van der Waals surface area contributed by atoms with Crippen molar-refractivity contribution in [1.82, 2.24) is 0 Å². The van der Waals surface area contributed by atoms with Crippen molar-refractivity contribution in [2.45, 2.75) is 26.2 Å². The van der Waals surface area contributed by atoms with Gasteiger partial charge >= 0.3 is 5.97 Å². The molecule has 0 spiro atoms.